The van der Waals surface area contributed by atoms with E-state index in [0.717, 1.165) is 0 Å². The van der Waals surface area contributed by atoms with Crippen molar-refractivity contribution in [2.24, 2.45) is 0 Å². The summed E-state index contributed by atoms with van der Waals surface area (Å²) in [4.78, 5) is 25.5. The Hall–Kier alpha value is -1.82. The monoisotopic (exact) mass is 235 g/mol. The summed E-state index contributed by atoms with van der Waals surface area (Å²) in [7, 11) is 0. The zero-order valence-electron chi connectivity index (χ0n) is 9.18. The number of nitrogens with one attached hydrogen (secondary N) is 2. The largest absolute Gasteiger partial charge is 0.467 e. The van der Waals surface area contributed by atoms with Gasteiger partial charge in [0.1, 0.15) is 5.76 Å². The zero-order chi connectivity index (χ0) is 11.8. The second kappa shape index (κ2) is 3.89. The van der Waals surface area contributed by atoms with Crippen LogP contribution in [0.2, 0.25) is 0 Å². The number of fused-ring (bicyclic) bond motifs is 1. The van der Waals surface area contributed by atoms with E-state index in [0.29, 0.717) is 18.8 Å². The summed E-state index contributed by atoms with van der Waals surface area (Å²) < 4.78 is 5.27. The van der Waals surface area contributed by atoms with Crippen molar-refractivity contribution in [3.63, 3.8) is 0 Å². The minimum atomic E-state index is -0.627. The van der Waals surface area contributed by atoms with Crippen molar-refractivity contribution in [3.8, 4) is 0 Å². The third-order valence-electron chi connectivity index (χ3n) is 3.19. The second-order valence-corrected chi connectivity index (χ2v) is 4.25. The summed E-state index contributed by atoms with van der Waals surface area (Å²) in [5, 5.41) is 5.85. The zero-order valence-corrected chi connectivity index (χ0v) is 9.18. The Morgan fingerprint density at radius 3 is 3.00 bits per heavy atom. The summed E-state index contributed by atoms with van der Waals surface area (Å²) in [6.07, 6.45) is 1.51. The van der Waals surface area contributed by atoms with E-state index in [9.17, 15) is 9.59 Å². The molecule has 3 rings (SSSR count). The number of rotatable bonds is 1. The fourth-order valence-electron chi connectivity index (χ4n) is 2.42. The molecule has 3 heterocycles. The van der Waals surface area contributed by atoms with Crippen LogP contribution in [0.3, 0.4) is 0 Å². The third kappa shape index (κ3) is 1.61. The van der Waals surface area contributed by atoms with E-state index in [-0.39, 0.29) is 24.4 Å². The topological polar surface area (TPSA) is 74.6 Å². The van der Waals surface area contributed by atoms with Crippen LogP contribution < -0.4 is 10.6 Å². The lowest BCUT2D eigenvalue weighted by atomic mass is 10.0. The van der Waals surface area contributed by atoms with E-state index < -0.39 is 6.04 Å². The number of hydrogen-bond donors (Lipinski definition) is 2. The molecule has 0 aromatic carbocycles. The predicted molar refractivity (Wildman–Crippen MR) is 58.0 cm³/mol. The Morgan fingerprint density at radius 1 is 1.35 bits per heavy atom. The molecule has 0 saturated carbocycles. The van der Waals surface area contributed by atoms with Crippen molar-refractivity contribution >= 4 is 11.8 Å². The fourth-order valence-corrected chi connectivity index (χ4v) is 2.42. The molecule has 1 aromatic heterocycles. The first-order chi connectivity index (χ1) is 8.27. The van der Waals surface area contributed by atoms with Crippen molar-refractivity contribution < 1.29 is 14.0 Å². The smallest absolute Gasteiger partial charge is 0.250 e. The molecule has 2 aliphatic rings. The van der Waals surface area contributed by atoms with Gasteiger partial charge in [-0.2, -0.15) is 0 Å². The van der Waals surface area contributed by atoms with Crippen LogP contribution in [0.5, 0.6) is 0 Å². The molecule has 2 aliphatic heterocycles. The highest BCUT2D eigenvalue weighted by molar-refractivity contribution is 5.90. The van der Waals surface area contributed by atoms with Gasteiger partial charge in [-0.1, -0.05) is 0 Å². The molecule has 6 heteroatoms. The molecule has 2 unspecified atom stereocenters. The Morgan fingerprint density at radius 2 is 2.24 bits per heavy atom. The Bertz CT molecular complexity index is 443. The SMILES string of the molecule is O=C1NCC2CNCC(=O)N2C1c1ccco1. The Balaban J connectivity index is 1.97. The molecular formula is C11H13N3O3. The highest BCUT2D eigenvalue weighted by Gasteiger charge is 2.43. The molecule has 1 aromatic rings. The number of piperazine rings is 2. The molecule has 2 N–H and O–H groups in total. The van der Waals surface area contributed by atoms with E-state index in [4.69, 9.17) is 4.42 Å². The van der Waals surface area contributed by atoms with E-state index in [1.54, 1.807) is 17.0 Å². The average molecular weight is 235 g/mol. The summed E-state index contributed by atoms with van der Waals surface area (Å²) >= 11 is 0. The highest BCUT2D eigenvalue weighted by atomic mass is 16.3. The summed E-state index contributed by atoms with van der Waals surface area (Å²) in [5.74, 6) is 0.284. The molecule has 6 nitrogen and oxygen atoms in total. The molecule has 17 heavy (non-hydrogen) atoms. The van der Waals surface area contributed by atoms with Gasteiger partial charge >= 0.3 is 0 Å². The van der Waals surface area contributed by atoms with Gasteiger partial charge in [-0.3, -0.25) is 9.59 Å². The van der Waals surface area contributed by atoms with Gasteiger partial charge in [0.2, 0.25) is 5.91 Å². The van der Waals surface area contributed by atoms with Gasteiger partial charge in [0.05, 0.1) is 18.8 Å². The van der Waals surface area contributed by atoms with Crippen LogP contribution in [0, 0.1) is 0 Å². The summed E-state index contributed by atoms with van der Waals surface area (Å²) in [6.45, 7) is 1.47. The summed E-state index contributed by atoms with van der Waals surface area (Å²) in [5.41, 5.74) is 0. The van der Waals surface area contributed by atoms with Crippen LogP contribution in [0.4, 0.5) is 0 Å². The maximum absolute atomic E-state index is 11.9. The lowest BCUT2D eigenvalue weighted by Gasteiger charge is -2.43. The van der Waals surface area contributed by atoms with Crippen LogP contribution in [-0.4, -0.2) is 42.4 Å². The number of amides is 2. The quantitative estimate of drug-likeness (QED) is 0.671. The maximum Gasteiger partial charge on any atom is 0.250 e. The fraction of sp³-hybridized carbons (Fsp3) is 0.455. The van der Waals surface area contributed by atoms with Crippen molar-refractivity contribution in [2.45, 2.75) is 12.1 Å². The van der Waals surface area contributed by atoms with E-state index >= 15 is 0 Å². The van der Waals surface area contributed by atoms with Gasteiger partial charge in [-0.05, 0) is 12.1 Å². The van der Waals surface area contributed by atoms with E-state index in [1.165, 1.54) is 6.26 Å². The first kappa shape index (κ1) is 10.3. The predicted octanol–water partition coefficient (Wildman–Crippen LogP) is -0.749. The van der Waals surface area contributed by atoms with E-state index in [2.05, 4.69) is 10.6 Å². The number of hydrogen-bond acceptors (Lipinski definition) is 4. The Labute approximate surface area is 98.0 Å². The molecule has 90 valence electrons. The lowest BCUT2D eigenvalue weighted by molar-refractivity contribution is -0.149. The van der Waals surface area contributed by atoms with E-state index in [1.807, 2.05) is 0 Å². The third-order valence-corrected chi connectivity index (χ3v) is 3.19. The molecule has 2 saturated heterocycles. The highest BCUT2D eigenvalue weighted by Crippen LogP contribution is 2.27. The molecule has 2 amide bonds. The molecule has 0 radical (unpaired) electrons. The van der Waals surface area contributed by atoms with Crippen molar-refractivity contribution in [3.05, 3.63) is 24.2 Å². The van der Waals surface area contributed by atoms with Crippen LogP contribution in [0.15, 0.2) is 22.8 Å². The van der Waals surface area contributed by atoms with Gasteiger partial charge in [-0.15, -0.1) is 0 Å². The van der Waals surface area contributed by atoms with Gasteiger partial charge in [-0.25, -0.2) is 0 Å². The molecule has 2 fully saturated rings. The standard InChI is InChI=1S/C11H13N3O3/c15-9-6-12-4-7-5-13-11(16)10(14(7)9)8-2-1-3-17-8/h1-3,7,10,12H,4-6H2,(H,13,16). The van der Waals surface area contributed by atoms with Crippen LogP contribution in [0.25, 0.3) is 0 Å². The molecular weight excluding hydrogens is 222 g/mol. The lowest BCUT2D eigenvalue weighted by Crippen LogP contribution is -2.65. The van der Waals surface area contributed by atoms with Crippen LogP contribution in [-0.2, 0) is 9.59 Å². The first-order valence-corrected chi connectivity index (χ1v) is 5.60. The van der Waals surface area contributed by atoms with Crippen molar-refractivity contribution in [1.29, 1.82) is 0 Å². The minimum Gasteiger partial charge on any atom is -0.467 e. The molecule has 0 bridgehead atoms. The molecule has 0 spiro atoms. The number of furan rings is 1. The van der Waals surface area contributed by atoms with Crippen LogP contribution in [0.1, 0.15) is 11.8 Å². The Kier molecular flexibility index (Phi) is 2.36. The van der Waals surface area contributed by atoms with Crippen LogP contribution >= 0.6 is 0 Å². The molecule has 2 atom stereocenters. The second-order valence-electron chi connectivity index (χ2n) is 4.25. The summed E-state index contributed by atoms with van der Waals surface area (Å²) in [6, 6.07) is 2.82. The minimum absolute atomic E-state index is 0.00375. The maximum atomic E-state index is 11.9. The van der Waals surface area contributed by atoms with Gasteiger partial charge < -0.3 is 20.0 Å². The van der Waals surface area contributed by atoms with Crippen molar-refractivity contribution in [1.82, 2.24) is 15.5 Å². The normalized spacial score (nSPS) is 28.8. The average Bonchev–Trinajstić information content (AvgIpc) is 2.83. The number of carbonyl (C=O) groups excluding carboxylic acids is 2. The number of nitrogens with zero attached hydrogens (tertiary/aromatic N) is 1. The first-order valence-electron chi connectivity index (χ1n) is 5.60. The van der Waals surface area contributed by atoms with Gasteiger partial charge in [0.15, 0.2) is 6.04 Å². The van der Waals surface area contributed by atoms with Crippen molar-refractivity contribution in [2.75, 3.05) is 19.6 Å². The number of carbonyl (C=O) groups is 2. The molecule has 0 aliphatic carbocycles. The van der Waals surface area contributed by atoms with Gasteiger partial charge in [0, 0.05) is 13.1 Å². The van der Waals surface area contributed by atoms with Gasteiger partial charge in [0.25, 0.3) is 5.91 Å².